The van der Waals surface area contributed by atoms with E-state index < -0.39 is 15.9 Å². The summed E-state index contributed by atoms with van der Waals surface area (Å²) in [6.45, 7) is 0. The third-order valence-electron chi connectivity index (χ3n) is 3.33. The van der Waals surface area contributed by atoms with Crippen molar-refractivity contribution >= 4 is 67.2 Å². The molecule has 29 heavy (non-hydrogen) atoms. The van der Waals surface area contributed by atoms with Crippen LogP contribution in [-0.2, 0) is 19.6 Å². The molecule has 2 aromatic heterocycles. The number of anilines is 2. The summed E-state index contributed by atoms with van der Waals surface area (Å²) in [6.07, 6.45) is 0. The van der Waals surface area contributed by atoms with Gasteiger partial charge in [-0.05, 0) is 35.7 Å². The number of thiophene rings is 1. The summed E-state index contributed by atoms with van der Waals surface area (Å²) in [5, 5.41) is 12.3. The van der Waals surface area contributed by atoms with E-state index in [2.05, 4.69) is 25.0 Å². The van der Waals surface area contributed by atoms with E-state index >= 15 is 0 Å². The van der Waals surface area contributed by atoms with E-state index in [9.17, 15) is 18.0 Å². The van der Waals surface area contributed by atoms with Crippen LogP contribution in [0.2, 0.25) is 0 Å². The van der Waals surface area contributed by atoms with Gasteiger partial charge in [-0.25, -0.2) is 8.42 Å². The van der Waals surface area contributed by atoms with E-state index in [4.69, 9.17) is 0 Å². The highest BCUT2D eigenvalue weighted by atomic mass is 32.2. The number of hydrogen-bond donors (Lipinski definition) is 2. The normalized spacial score (nSPS) is 11.1. The predicted octanol–water partition coefficient (Wildman–Crippen LogP) is 2.92. The fourth-order valence-electron chi connectivity index (χ4n) is 1.98. The molecule has 0 bridgehead atoms. The number of carbonyl (C=O) groups is 2. The number of esters is 1. The first-order valence-corrected chi connectivity index (χ1v) is 12.0. The molecule has 0 atom stereocenters. The van der Waals surface area contributed by atoms with Crippen LogP contribution >= 0.6 is 34.4 Å². The maximum Gasteiger partial charge on any atom is 0.316 e. The van der Waals surface area contributed by atoms with E-state index in [0.29, 0.717) is 15.6 Å². The van der Waals surface area contributed by atoms with Crippen molar-refractivity contribution in [2.75, 3.05) is 22.9 Å². The fraction of sp³-hybridized carbons (Fsp3) is 0.125. The van der Waals surface area contributed by atoms with Gasteiger partial charge in [0.05, 0.1) is 12.9 Å². The minimum absolute atomic E-state index is 0.0991. The Morgan fingerprint density at radius 3 is 2.59 bits per heavy atom. The molecule has 1 amide bonds. The van der Waals surface area contributed by atoms with E-state index in [1.165, 1.54) is 37.4 Å². The zero-order valence-electron chi connectivity index (χ0n) is 14.8. The number of rotatable bonds is 8. The van der Waals surface area contributed by atoms with Gasteiger partial charge in [0.2, 0.25) is 5.13 Å². The van der Waals surface area contributed by atoms with Crippen LogP contribution in [0.4, 0.5) is 10.8 Å². The second kappa shape index (κ2) is 9.35. The van der Waals surface area contributed by atoms with Gasteiger partial charge in [-0.15, -0.1) is 21.5 Å². The lowest BCUT2D eigenvalue weighted by molar-refractivity contribution is -0.137. The molecule has 0 aliphatic carbocycles. The van der Waals surface area contributed by atoms with Gasteiger partial charge in [0.1, 0.15) is 4.21 Å². The number of thioether (sulfide) groups is 1. The average Bonchev–Trinajstić information content (AvgIpc) is 3.39. The monoisotopic (exact) mass is 470 g/mol. The number of nitrogens with zero attached hydrogens (tertiary/aromatic N) is 2. The molecule has 9 nitrogen and oxygen atoms in total. The van der Waals surface area contributed by atoms with Gasteiger partial charge >= 0.3 is 5.97 Å². The summed E-state index contributed by atoms with van der Waals surface area (Å²) in [6, 6.07) is 9.15. The van der Waals surface area contributed by atoms with Crippen LogP contribution in [0.1, 0.15) is 10.4 Å². The molecular formula is C16H14N4O5S4. The molecule has 0 spiro atoms. The highest BCUT2D eigenvalue weighted by molar-refractivity contribution is 8.01. The van der Waals surface area contributed by atoms with Crippen molar-refractivity contribution in [3.8, 4) is 0 Å². The smallest absolute Gasteiger partial charge is 0.316 e. The maximum atomic E-state index is 12.3. The van der Waals surface area contributed by atoms with Gasteiger partial charge in [0, 0.05) is 11.3 Å². The average molecular weight is 471 g/mol. The Morgan fingerprint density at radius 2 is 1.93 bits per heavy atom. The van der Waals surface area contributed by atoms with Crippen molar-refractivity contribution < 1.29 is 22.7 Å². The number of aromatic nitrogens is 2. The Morgan fingerprint density at radius 1 is 1.17 bits per heavy atom. The zero-order valence-corrected chi connectivity index (χ0v) is 18.1. The standard InChI is InChI=1S/C16H14N4O5S4/c1-25-12(21)9-27-16-19-18-15(28-16)17-14(22)10-4-6-11(7-5-10)20-29(23,24)13-3-2-8-26-13/h2-8,20H,9H2,1H3,(H,17,18,22). The first-order valence-electron chi connectivity index (χ1n) is 7.88. The molecular weight excluding hydrogens is 456 g/mol. The maximum absolute atomic E-state index is 12.3. The molecule has 0 aliphatic heterocycles. The van der Waals surface area contributed by atoms with Crippen molar-refractivity contribution in [3.05, 3.63) is 47.3 Å². The van der Waals surface area contributed by atoms with Crippen molar-refractivity contribution in [2.45, 2.75) is 8.55 Å². The minimum Gasteiger partial charge on any atom is -0.468 e. The van der Waals surface area contributed by atoms with Crippen LogP contribution in [0, 0.1) is 0 Å². The molecule has 1 aromatic carbocycles. The van der Waals surface area contributed by atoms with Crippen LogP contribution in [0.5, 0.6) is 0 Å². The summed E-state index contributed by atoms with van der Waals surface area (Å²) < 4.78 is 32.2. The Balaban J connectivity index is 1.59. The van der Waals surface area contributed by atoms with Crippen LogP contribution in [-0.4, -0.2) is 43.4 Å². The molecule has 2 N–H and O–H groups in total. The fourth-order valence-corrected chi connectivity index (χ4v) is 5.61. The quantitative estimate of drug-likeness (QED) is 0.292. The second-order valence-corrected chi connectivity index (χ2v) is 10.4. The molecule has 2 heterocycles. The van der Waals surface area contributed by atoms with E-state index in [-0.39, 0.29) is 21.1 Å². The number of nitrogens with one attached hydrogen (secondary N) is 2. The number of methoxy groups -OCH3 is 1. The van der Waals surface area contributed by atoms with Crippen LogP contribution < -0.4 is 10.0 Å². The number of hydrogen-bond acceptors (Lipinski definition) is 10. The van der Waals surface area contributed by atoms with Gasteiger partial charge in [-0.3, -0.25) is 19.6 Å². The van der Waals surface area contributed by atoms with Gasteiger partial charge in [-0.2, -0.15) is 0 Å². The van der Waals surface area contributed by atoms with Crippen molar-refractivity contribution in [3.63, 3.8) is 0 Å². The second-order valence-electron chi connectivity index (χ2n) is 5.31. The highest BCUT2D eigenvalue weighted by Crippen LogP contribution is 2.26. The Hall–Kier alpha value is -2.48. The molecule has 3 aromatic rings. The third kappa shape index (κ3) is 5.76. The molecule has 152 valence electrons. The first-order chi connectivity index (χ1) is 13.9. The summed E-state index contributed by atoms with van der Waals surface area (Å²) in [4.78, 5) is 23.5. The summed E-state index contributed by atoms with van der Waals surface area (Å²) in [5.74, 6) is -0.703. The molecule has 0 saturated carbocycles. The first kappa shape index (κ1) is 21.2. The van der Waals surface area contributed by atoms with Crippen molar-refractivity contribution in [1.29, 1.82) is 0 Å². The molecule has 13 heteroatoms. The summed E-state index contributed by atoms with van der Waals surface area (Å²) >= 11 is 3.40. The topological polar surface area (TPSA) is 127 Å². The molecule has 0 saturated heterocycles. The minimum atomic E-state index is -3.65. The number of carbonyl (C=O) groups excluding carboxylic acids is 2. The number of sulfonamides is 1. The SMILES string of the molecule is COC(=O)CSc1nnc(NC(=O)c2ccc(NS(=O)(=O)c3cccs3)cc2)s1. The Kier molecular flexibility index (Phi) is 6.84. The van der Waals surface area contributed by atoms with Gasteiger partial charge in [-0.1, -0.05) is 29.2 Å². The van der Waals surface area contributed by atoms with Gasteiger partial charge in [0.25, 0.3) is 15.9 Å². The van der Waals surface area contributed by atoms with Crippen LogP contribution in [0.25, 0.3) is 0 Å². The molecule has 0 fully saturated rings. The van der Waals surface area contributed by atoms with Gasteiger partial charge in [0.15, 0.2) is 4.34 Å². The summed E-state index contributed by atoms with van der Waals surface area (Å²) in [5.41, 5.74) is 0.662. The molecule has 0 unspecified atom stereocenters. The highest BCUT2D eigenvalue weighted by Gasteiger charge is 2.16. The number of benzene rings is 1. The Bertz CT molecular complexity index is 1090. The molecule has 3 rings (SSSR count). The predicted molar refractivity (Wildman–Crippen MR) is 112 cm³/mol. The number of ether oxygens (including phenoxy) is 1. The lowest BCUT2D eigenvalue weighted by atomic mass is 10.2. The third-order valence-corrected chi connectivity index (χ3v) is 8.05. The van der Waals surface area contributed by atoms with Crippen molar-refractivity contribution in [1.82, 2.24) is 10.2 Å². The largest absolute Gasteiger partial charge is 0.468 e. The molecule has 0 aliphatic rings. The number of amides is 1. The van der Waals surface area contributed by atoms with Gasteiger partial charge < -0.3 is 4.74 Å². The van der Waals surface area contributed by atoms with Crippen molar-refractivity contribution in [2.24, 2.45) is 0 Å². The lowest BCUT2D eigenvalue weighted by Gasteiger charge is -2.07. The van der Waals surface area contributed by atoms with E-state index in [1.54, 1.807) is 11.4 Å². The van der Waals surface area contributed by atoms with E-state index in [1.807, 2.05) is 0 Å². The zero-order chi connectivity index (χ0) is 20.9. The molecule has 0 radical (unpaired) electrons. The lowest BCUT2D eigenvalue weighted by Crippen LogP contribution is -2.13. The van der Waals surface area contributed by atoms with E-state index in [0.717, 1.165) is 34.4 Å². The Labute approximate surface area is 178 Å². The van der Waals surface area contributed by atoms with Crippen LogP contribution in [0.15, 0.2) is 50.3 Å². The van der Waals surface area contributed by atoms with Crippen LogP contribution in [0.3, 0.4) is 0 Å². The summed E-state index contributed by atoms with van der Waals surface area (Å²) in [7, 11) is -2.35.